The van der Waals surface area contributed by atoms with Crippen molar-refractivity contribution in [2.45, 2.75) is 18.4 Å². The first kappa shape index (κ1) is 15.6. The minimum absolute atomic E-state index is 0.0371. The second kappa shape index (κ2) is 5.83. The fourth-order valence-electron chi connectivity index (χ4n) is 3.89. The van der Waals surface area contributed by atoms with Gasteiger partial charge in [0.05, 0.1) is 22.3 Å². The summed E-state index contributed by atoms with van der Waals surface area (Å²) in [6.07, 6.45) is 5.11. The minimum Gasteiger partial charge on any atom is -0.478 e. The fourth-order valence-corrected chi connectivity index (χ4v) is 4.31. The van der Waals surface area contributed by atoms with Crippen LogP contribution >= 0.6 is 23.2 Å². The highest BCUT2D eigenvalue weighted by atomic mass is 35.5. The molecule has 0 saturated heterocycles. The van der Waals surface area contributed by atoms with E-state index in [9.17, 15) is 9.90 Å². The van der Waals surface area contributed by atoms with Crippen molar-refractivity contribution >= 4 is 34.9 Å². The van der Waals surface area contributed by atoms with Gasteiger partial charge in [-0.1, -0.05) is 47.5 Å². The molecule has 0 bridgehead atoms. The van der Waals surface area contributed by atoms with E-state index < -0.39 is 5.97 Å². The van der Waals surface area contributed by atoms with Gasteiger partial charge < -0.3 is 10.4 Å². The highest BCUT2D eigenvalue weighted by Gasteiger charge is 2.40. The van der Waals surface area contributed by atoms with Gasteiger partial charge >= 0.3 is 5.97 Å². The number of hydrogen-bond acceptors (Lipinski definition) is 2. The summed E-state index contributed by atoms with van der Waals surface area (Å²) in [6.45, 7) is 0. The summed E-state index contributed by atoms with van der Waals surface area (Å²) in [6, 6.07) is 11.0. The van der Waals surface area contributed by atoms with E-state index in [1.807, 2.05) is 24.3 Å². The number of nitrogens with one attached hydrogen (secondary N) is 1. The number of hydrogen-bond donors (Lipinski definition) is 2. The van der Waals surface area contributed by atoms with E-state index in [-0.39, 0.29) is 17.9 Å². The lowest BCUT2D eigenvalue weighted by atomic mass is 9.75. The second-order valence-corrected chi connectivity index (χ2v) is 7.06. The van der Waals surface area contributed by atoms with Crippen LogP contribution in [0, 0.1) is 5.92 Å². The van der Waals surface area contributed by atoms with Crippen LogP contribution in [0.2, 0.25) is 10.0 Å². The summed E-state index contributed by atoms with van der Waals surface area (Å²) in [5, 5.41) is 14.3. The summed E-state index contributed by atoms with van der Waals surface area (Å²) in [4.78, 5) is 11.7. The maximum Gasteiger partial charge on any atom is 0.336 e. The number of rotatable bonds is 2. The Bertz CT molecular complexity index is 862. The normalized spacial score (nSPS) is 24.2. The van der Waals surface area contributed by atoms with Gasteiger partial charge in [-0.25, -0.2) is 4.79 Å². The summed E-state index contributed by atoms with van der Waals surface area (Å²) in [5.74, 6) is -0.646. The molecule has 0 spiro atoms. The molecule has 122 valence electrons. The van der Waals surface area contributed by atoms with Crippen molar-refractivity contribution in [1.82, 2.24) is 0 Å². The molecule has 1 aliphatic carbocycles. The van der Waals surface area contributed by atoms with Gasteiger partial charge in [0, 0.05) is 10.9 Å². The molecule has 0 radical (unpaired) electrons. The van der Waals surface area contributed by atoms with Crippen LogP contribution in [0.25, 0.3) is 0 Å². The van der Waals surface area contributed by atoms with Crippen molar-refractivity contribution in [3.63, 3.8) is 0 Å². The Kier molecular flexibility index (Phi) is 3.78. The lowest BCUT2D eigenvalue weighted by Gasteiger charge is -2.38. The monoisotopic (exact) mass is 359 g/mol. The van der Waals surface area contributed by atoms with Gasteiger partial charge in [-0.15, -0.1) is 0 Å². The fraction of sp³-hybridized carbons (Fsp3) is 0.211. The van der Waals surface area contributed by atoms with E-state index in [1.54, 1.807) is 12.1 Å². The molecule has 0 saturated carbocycles. The molecule has 2 aromatic rings. The Morgan fingerprint density at radius 2 is 2.04 bits per heavy atom. The number of fused-ring (bicyclic) bond motifs is 3. The summed E-state index contributed by atoms with van der Waals surface area (Å²) in [5.41, 5.74) is 2.90. The van der Waals surface area contributed by atoms with Crippen LogP contribution in [0.5, 0.6) is 0 Å². The van der Waals surface area contributed by atoms with Gasteiger partial charge in [0.15, 0.2) is 0 Å². The number of carboxylic acids is 1. The third kappa shape index (κ3) is 2.40. The Morgan fingerprint density at radius 3 is 2.79 bits per heavy atom. The maximum absolute atomic E-state index is 11.7. The third-order valence-corrected chi connectivity index (χ3v) is 5.46. The number of halogens is 2. The van der Waals surface area contributed by atoms with Crippen LogP contribution in [0.15, 0.2) is 48.6 Å². The number of carboxylic acid groups (broad SMARTS) is 1. The smallest absolute Gasteiger partial charge is 0.336 e. The average molecular weight is 360 g/mol. The second-order valence-electron chi connectivity index (χ2n) is 6.22. The van der Waals surface area contributed by atoms with E-state index in [0.717, 1.165) is 17.5 Å². The standard InChI is InChI=1S/C19H15Cl2NO2/c20-11-4-1-3-10(9-11)17-13-6-2-5-12(13)16-14(19(23)24)7-8-15(21)18(16)22-17/h1-5,7-9,12-13,17,22H,6H2,(H,23,24). The van der Waals surface area contributed by atoms with E-state index >= 15 is 0 Å². The summed E-state index contributed by atoms with van der Waals surface area (Å²) in [7, 11) is 0. The van der Waals surface area contributed by atoms with E-state index in [2.05, 4.69) is 17.5 Å². The predicted octanol–water partition coefficient (Wildman–Crippen LogP) is 5.52. The predicted molar refractivity (Wildman–Crippen MR) is 96.2 cm³/mol. The van der Waals surface area contributed by atoms with Crippen LogP contribution in [-0.4, -0.2) is 11.1 Å². The molecule has 1 aliphatic heterocycles. The molecule has 3 nitrogen and oxygen atoms in total. The zero-order valence-corrected chi connectivity index (χ0v) is 14.2. The molecular formula is C19H15Cl2NO2. The van der Waals surface area contributed by atoms with Gasteiger partial charge in [-0.2, -0.15) is 0 Å². The van der Waals surface area contributed by atoms with Gasteiger partial charge in [0.1, 0.15) is 0 Å². The lowest BCUT2D eigenvalue weighted by Crippen LogP contribution is -2.30. The number of carbonyl (C=O) groups is 1. The molecule has 2 aliphatic rings. The van der Waals surface area contributed by atoms with Crippen LogP contribution in [-0.2, 0) is 0 Å². The zero-order valence-electron chi connectivity index (χ0n) is 12.7. The molecule has 4 rings (SSSR count). The van der Waals surface area contributed by atoms with Gasteiger partial charge in [0.25, 0.3) is 0 Å². The molecular weight excluding hydrogens is 345 g/mol. The van der Waals surface area contributed by atoms with Gasteiger partial charge in [-0.3, -0.25) is 0 Å². The van der Waals surface area contributed by atoms with Crippen molar-refractivity contribution in [3.05, 3.63) is 75.3 Å². The van der Waals surface area contributed by atoms with Crippen molar-refractivity contribution in [2.24, 2.45) is 5.92 Å². The highest BCUT2D eigenvalue weighted by Crippen LogP contribution is 2.52. The van der Waals surface area contributed by atoms with Crippen LogP contribution in [0.1, 0.15) is 39.9 Å². The molecule has 3 atom stereocenters. The Labute approximate surface area is 149 Å². The molecule has 0 amide bonds. The quantitative estimate of drug-likeness (QED) is 0.694. The number of anilines is 1. The topological polar surface area (TPSA) is 49.3 Å². The van der Waals surface area contributed by atoms with E-state index in [4.69, 9.17) is 23.2 Å². The summed E-state index contributed by atoms with van der Waals surface area (Å²) >= 11 is 12.5. The first-order valence-corrected chi connectivity index (χ1v) is 8.56. The molecule has 3 unspecified atom stereocenters. The average Bonchev–Trinajstić information content (AvgIpc) is 3.04. The molecule has 1 heterocycles. The van der Waals surface area contributed by atoms with Crippen molar-refractivity contribution in [1.29, 1.82) is 0 Å². The molecule has 0 fully saturated rings. The molecule has 24 heavy (non-hydrogen) atoms. The van der Waals surface area contributed by atoms with Crippen molar-refractivity contribution in [3.8, 4) is 0 Å². The van der Waals surface area contributed by atoms with Crippen LogP contribution in [0.3, 0.4) is 0 Å². The number of aromatic carboxylic acids is 1. The van der Waals surface area contributed by atoms with Crippen molar-refractivity contribution < 1.29 is 9.90 Å². The molecule has 2 aromatic carbocycles. The largest absolute Gasteiger partial charge is 0.478 e. The Balaban J connectivity index is 1.88. The number of benzene rings is 2. The summed E-state index contributed by atoms with van der Waals surface area (Å²) < 4.78 is 0. The van der Waals surface area contributed by atoms with Crippen LogP contribution in [0.4, 0.5) is 5.69 Å². The van der Waals surface area contributed by atoms with E-state index in [0.29, 0.717) is 21.3 Å². The van der Waals surface area contributed by atoms with E-state index in [1.165, 1.54) is 0 Å². The maximum atomic E-state index is 11.7. The highest BCUT2D eigenvalue weighted by molar-refractivity contribution is 6.33. The van der Waals surface area contributed by atoms with Gasteiger partial charge in [-0.05, 0) is 47.7 Å². The molecule has 2 N–H and O–H groups in total. The zero-order chi connectivity index (χ0) is 16.8. The molecule has 0 aromatic heterocycles. The van der Waals surface area contributed by atoms with Crippen LogP contribution < -0.4 is 5.32 Å². The lowest BCUT2D eigenvalue weighted by molar-refractivity contribution is 0.0695. The SMILES string of the molecule is O=C(O)c1ccc(Cl)c2c1C1C=CCC1C(c1cccc(Cl)c1)N2. The Hall–Kier alpha value is -1.97. The first-order valence-electron chi connectivity index (χ1n) is 7.80. The Morgan fingerprint density at radius 1 is 1.21 bits per heavy atom. The minimum atomic E-state index is -0.926. The number of allylic oxidation sites excluding steroid dienone is 2. The third-order valence-electron chi connectivity index (χ3n) is 4.91. The first-order chi connectivity index (χ1) is 11.6. The van der Waals surface area contributed by atoms with Crippen molar-refractivity contribution in [2.75, 3.05) is 5.32 Å². The van der Waals surface area contributed by atoms with Gasteiger partial charge in [0.2, 0.25) is 0 Å². The molecule has 5 heteroatoms.